The van der Waals surface area contributed by atoms with E-state index in [9.17, 15) is 9.59 Å². The minimum absolute atomic E-state index is 0.0491. The molecular formula is C61H106O5. The summed E-state index contributed by atoms with van der Waals surface area (Å²) in [6.45, 7) is 7.65. The number of rotatable bonds is 51. The van der Waals surface area contributed by atoms with Crippen molar-refractivity contribution in [2.75, 3.05) is 19.8 Å². The Morgan fingerprint density at radius 1 is 0.348 bits per heavy atom. The van der Waals surface area contributed by atoms with Crippen LogP contribution in [0.5, 0.6) is 0 Å². The molecule has 66 heavy (non-hydrogen) atoms. The Hall–Kier alpha value is -2.92. The largest absolute Gasteiger partial charge is 0.462 e. The molecular weight excluding hydrogens is 813 g/mol. The summed E-state index contributed by atoms with van der Waals surface area (Å²) in [5, 5.41) is 0. The van der Waals surface area contributed by atoms with Crippen LogP contribution in [-0.4, -0.2) is 37.9 Å². The smallest absolute Gasteiger partial charge is 0.306 e. The third-order valence-corrected chi connectivity index (χ3v) is 11.9. The molecule has 0 saturated heterocycles. The van der Waals surface area contributed by atoms with Crippen molar-refractivity contribution in [2.24, 2.45) is 0 Å². The van der Waals surface area contributed by atoms with Gasteiger partial charge in [0, 0.05) is 19.4 Å². The van der Waals surface area contributed by atoms with E-state index in [2.05, 4.69) is 106 Å². The molecule has 5 nitrogen and oxygen atoms in total. The highest BCUT2D eigenvalue weighted by molar-refractivity contribution is 5.70. The fourth-order valence-electron chi connectivity index (χ4n) is 7.71. The van der Waals surface area contributed by atoms with Crippen LogP contribution in [0.3, 0.4) is 0 Å². The van der Waals surface area contributed by atoms with Gasteiger partial charge in [-0.2, -0.15) is 0 Å². The van der Waals surface area contributed by atoms with E-state index in [0.717, 1.165) is 83.5 Å². The van der Waals surface area contributed by atoms with Gasteiger partial charge in [0.15, 0.2) is 6.10 Å². The van der Waals surface area contributed by atoms with Gasteiger partial charge in [0.05, 0.1) is 6.61 Å². The first kappa shape index (κ1) is 63.1. The van der Waals surface area contributed by atoms with Gasteiger partial charge in [0.25, 0.3) is 0 Å². The molecule has 0 aliphatic rings. The first-order chi connectivity index (χ1) is 32.6. The molecule has 1 atom stereocenters. The lowest BCUT2D eigenvalue weighted by atomic mass is 10.1. The third-order valence-electron chi connectivity index (χ3n) is 11.9. The van der Waals surface area contributed by atoms with Gasteiger partial charge in [-0.3, -0.25) is 9.59 Å². The molecule has 1 unspecified atom stereocenters. The van der Waals surface area contributed by atoms with Crippen molar-refractivity contribution in [3.8, 4) is 0 Å². The van der Waals surface area contributed by atoms with Gasteiger partial charge in [-0.25, -0.2) is 0 Å². The van der Waals surface area contributed by atoms with Gasteiger partial charge in [-0.1, -0.05) is 228 Å². The summed E-state index contributed by atoms with van der Waals surface area (Å²) in [7, 11) is 0. The minimum atomic E-state index is -0.569. The molecule has 0 aromatic carbocycles. The Labute approximate surface area is 409 Å². The van der Waals surface area contributed by atoms with Crippen LogP contribution >= 0.6 is 0 Å². The Kier molecular flexibility index (Phi) is 53.9. The lowest BCUT2D eigenvalue weighted by molar-refractivity contribution is -0.163. The predicted octanol–water partition coefficient (Wildman–Crippen LogP) is 19.2. The fourth-order valence-corrected chi connectivity index (χ4v) is 7.71. The molecule has 0 bridgehead atoms. The lowest BCUT2D eigenvalue weighted by Gasteiger charge is -2.18. The molecule has 0 fully saturated rings. The van der Waals surface area contributed by atoms with Crippen LogP contribution in [0, 0.1) is 0 Å². The molecule has 0 heterocycles. The standard InChI is InChI=1S/C61H106O5/c1-4-7-10-13-16-19-22-25-28-30-32-35-38-41-44-47-50-53-56-64-57-59(66-61(63)55-52-49-46-43-40-37-33-27-24-21-18-15-12-9-6-3)58-65-60(62)54-51-48-45-42-39-36-34-31-29-26-23-20-17-14-11-8-5-2/h8,11,17,20,25-29,33-34,36,42,45,59H,4-7,9-10,12-16,18-19,21-24,30-32,35,37-41,43-44,46-58H2,1-3H3/b11-8-,20-17-,28-25-,29-26-,33-27-,36-34-,45-42-. The Balaban J connectivity index is 4.37. The monoisotopic (exact) mass is 919 g/mol. The van der Waals surface area contributed by atoms with Gasteiger partial charge in [-0.15, -0.1) is 0 Å². The number of carbonyl (C=O) groups is 2. The van der Waals surface area contributed by atoms with Crippen molar-refractivity contribution in [3.05, 3.63) is 85.1 Å². The van der Waals surface area contributed by atoms with Gasteiger partial charge in [-0.05, 0) is 109 Å². The maximum Gasteiger partial charge on any atom is 0.306 e. The minimum Gasteiger partial charge on any atom is -0.462 e. The summed E-state index contributed by atoms with van der Waals surface area (Å²) in [4.78, 5) is 25.5. The molecule has 5 heteroatoms. The summed E-state index contributed by atoms with van der Waals surface area (Å²) in [6.07, 6.45) is 74.6. The quantitative estimate of drug-likeness (QED) is 0.0346. The zero-order valence-electron chi connectivity index (χ0n) is 43.7. The Morgan fingerprint density at radius 2 is 0.697 bits per heavy atom. The number of hydrogen-bond acceptors (Lipinski definition) is 5. The van der Waals surface area contributed by atoms with Crippen LogP contribution in [0.2, 0.25) is 0 Å². The van der Waals surface area contributed by atoms with Gasteiger partial charge in [0.1, 0.15) is 6.61 Å². The van der Waals surface area contributed by atoms with Gasteiger partial charge < -0.3 is 14.2 Å². The van der Waals surface area contributed by atoms with Crippen molar-refractivity contribution in [1.29, 1.82) is 0 Å². The lowest BCUT2D eigenvalue weighted by Crippen LogP contribution is -2.30. The topological polar surface area (TPSA) is 61.8 Å². The molecule has 0 aliphatic carbocycles. The van der Waals surface area contributed by atoms with Crippen LogP contribution in [0.4, 0.5) is 0 Å². The summed E-state index contributed by atoms with van der Waals surface area (Å²) in [5.74, 6) is -0.472. The van der Waals surface area contributed by atoms with Crippen LogP contribution in [-0.2, 0) is 23.8 Å². The second-order valence-electron chi connectivity index (χ2n) is 18.4. The molecule has 0 spiro atoms. The maximum atomic E-state index is 12.8. The highest BCUT2D eigenvalue weighted by Gasteiger charge is 2.17. The molecule has 0 aliphatic heterocycles. The van der Waals surface area contributed by atoms with Gasteiger partial charge in [0.2, 0.25) is 0 Å². The molecule has 0 aromatic heterocycles. The first-order valence-corrected chi connectivity index (χ1v) is 28.1. The molecule has 0 saturated carbocycles. The zero-order chi connectivity index (χ0) is 47.7. The predicted molar refractivity (Wildman–Crippen MR) is 288 cm³/mol. The number of carbonyl (C=O) groups excluding carboxylic acids is 2. The van der Waals surface area contributed by atoms with E-state index in [0.29, 0.717) is 19.4 Å². The number of unbranched alkanes of at least 4 members (excludes halogenated alkanes) is 26. The highest BCUT2D eigenvalue weighted by Crippen LogP contribution is 2.14. The summed E-state index contributed by atoms with van der Waals surface area (Å²) in [5.41, 5.74) is 0. The number of esters is 2. The van der Waals surface area contributed by atoms with Crippen LogP contribution in [0.1, 0.15) is 265 Å². The maximum absolute atomic E-state index is 12.8. The van der Waals surface area contributed by atoms with E-state index < -0.39 is 6.10 Å². The van der Waals surface area contributed by atoms with E-state index in [4.69, 9.17) is 14.2 Å². The third kappa shape index (κ3) is 53.7. The molecule has 0 aromatic rings. The average Bonchev–Trinajstić information content (AvgIpc) is 3.32. The Bertz CT molecular complexity index is 1220. The van der Waals surface area contributed by atoms with E-state index in [1.165, 1.54) is 148 Å². The van der Waals surface area contributed by atoms with Crippen molar-refractivity contribution >= 4 is 11.9 Å². The molecule has 380 valence electrons. The van der Waals surface area contributed by atoms with Crippen molar-refractivity contribution in [2.45, 2.75) is 271 Å². The zero-order valence-corrected chi connectivity index (χ0v) is 43.7. The fraction of sp³-hybridized carbons (Fsp3) is 0.738. The van der Waals surface area contributed by atoms with E-state index in [1.54, 1.807) is 0 Å². The van der Waals surface area contributed by atoms with E-state index in [-0.39, 0.29) is 25.2 Å². The number of hydrogen-bond donors (Lipinski definition) is 0. The normalized spacial score (nSPS) is 12.8. The van der Waals surface area contributed by atoms with Crippen LogP contribution in [0.25, 0.3) is 0 Å². The van der Waals surface area contributed by atoms with Crippen molar-refractivity contribution in [3.63, 3.8) is 0 Å². The average molecular weight is 920 g/mol. The van der Waals surface area contributed by atoms with Crippen LogP contribution < -0.4 is 0 Å². The highest BCUT2D eigenvalue weighted by atomic mass is 16.6. The summed E-state index contributed by atoms with van der Waals surface area (Å²) < 4.78 is 17.4. The molecule has 0 N–H and O–H groups in total. The summed E-state index contributed by atoms with van der Waals surface area (Å²) in [6, 6.07) is 0. The number of ether oxygens (including phenoxy) is 3. The van der Waals surface area contributed by atoms with Crippen molar-refractivity contribution in [1.82, 2.24) is 0 Å². The van der Waals surface area contributed by atoms with Crippen LogP contribution in [0.15, 0.2) is 85.1 Å². The van der Waals surface area contributed by atoms with E-state index in [1.807, 2.05) is 0 Å². The second-order valence-corrected chi connectivity index (χ2v) is 18.4. The van der Waals surface area contributed by atoms with Crippen molar-refractivity contribution < 1.29 is 23.8 Å². The number of allylic oxidation sites excluding steroid dienone is 14. The SMILES string of the molecule is CC/C=C\C/C=C\C/C=C\C/C=C\C/C=C\CCCC(=O)OCC(COCCCCCCCCCC/C=C\CCCCCCCC)OC(=O)CCCCCCC/C=C\CCCCCCCC. The summed E-state index contributed by atoms with van der Waals surface area (Å²) >= 11 is 0. The first-order valence-electron chi connectivity index (χ1n) is 28.1. The van der Waals surface area contributed by atoms with E-state index >= 15 is 0 Å². The molecule has 0 amide bonds. The van der Waals surface area contributed by atoms with Gasteiger partial charge >= 0.3 is 11.9 Å². The Morgan fingerprint density at radius 3 is 1.15 bits per heavy atom. The second kappa shape index (κ2) is 56.4. The molecule has 0 rings (SSSR count). The molecule has 0 radical (unpaired) electrons.